The molecular weight excluding hydrogens is 594 g/mol. The van der Waals surface area contributed by atoms with Crippen LogP contribution in [0.3, 0.4) is 0 Å². The second-order valence-corrected chi connectivity index (χ2v) is 12.8. The Morgan fingerprint density at radius 3 is 2.20 bits per heavy atom. The van der Waals surface area contributed by atoms with Gasteiger partial charge in [-0.1, -0.05) is 70.2 Å². The third-order valence-corrected chi connectivity index (χ3v) is 9.13. The van der Waals surface area contributed by atoms with E-state index >= 15 is 0 Å². The first-order valence-corrected chi connectivity index (χ1v) is 15.2. The molecule has 8 heteroatoms. The molecule has 2 aromatic carbocycles. The molecule has 1 unspecified atom stereocenters. The second kappa shape index (κ2) is 12.7. The van der Waals surface area contributed by atoms with Gasteiger partial charge < -0.3 is 14.8 Å². The van der Waals surface area contributed by atoms with Gasteiger partial charge in [-0.15, -0.1) is 0 Å². The predicted molar refractivity (Wildman–Crippen MR) is 153 cm³/mol. The van der Waals surface area contributed by atoms with Crippen LogP contribution in [0.15, 0.2) is 68.5 Å². The van der Waals surface area contributed by atoms with Crippen molar-refractivity contribution in [1.82, 2.24) is 4.57 Å². The molecule has 1 heterocycles. The molecule has 35 heavy (non-hydrogen) atoms. The van der Waals surface area contributed by atoms with Crippen LogP contribution in [0.1, 0.15) is 45.4 Å². The number of aryl methyl sites for hydroxylation is 1. The third-order valence-electron chi connectivity index (χ3n) is 6.30. The van der Waals surface area contributed by atoms with Crippen LogP contribution in [0.5, 0.6) is 0 Å². The minimum absolute atomic E-state index is 0. The van der Waals surface area contributed by atoms with Crippen LogP contribution >= 0.6 is 31.9 Å². The zero-order chi connectivity index (χ0) is 24.1. The molecule has 3 aromatic rings. The molecule has 2 N–H and O–H groups in total. The highest BCUT2D eigenvalue weighted by Gasteiger charge is 2.20. The van der Waals surface area contributed by atoms with Crippen LogP contribution in [0.4, 0.5) is 0 Å². The normalized spacial score (nSPS) is 16.0. The Balaban J connectivity index is 0.00000342. The van der Waals surface area contributed by atoms with Crippen molar-refractivity contribution < 1.29 is 18.6 Å². The molecule has 0 saturated carbocycles. The number of nitrogens with zero attached hydrogens (tertiary/aromatic N) is 1. The molecule has 4 rings (SSSR count). The number of rotatable bonds is 11. The Kier molecular flexibility index (Phi) is 10.2. The van der Waals surface area contributed by atoms with Crippen LogP contribution in [0.25, 0.3) is 21.8 Å². The first-order valence-electron chi connectivity index (χ1n) is 12.0. The lowest BCUT2D eigenvalue weighted by Crippen LogP contribution is -2.17. The second-order valence-electron chi connectivity index (χ2n) is 8.82. The van der Waals surface area contributed by atoms with Crippen molar-refractivity contribution in [2.24, 2.45) is 0 Å². The topological polar surface area (TPSA) is 79.8 Å². The van der Waals surface area contributed by atoms with E-state index in [2.05, 4.69) is 67.6 Å². The van der Waals surface area contributed by atoms with Crippen molar-refractivity contribution in [3.05, 3.63) is 68.5 Å². The maximum Gasteiger partial charge on any atom is 0.178 e. The molecule has 0 spiro atoms. The van der Waals surface area contributed by atoms with Crippen molar-refractivity contribution in [2.45, 2.75) is 58.1 Å². The molecule has 1 aliphatic rings. The zero-order valence-electron chi connectivity index (χ0n) is 20.0. The average molecular weight is 627 g/mol. The summed E-state index contributed by atoms with van der Waals surface area (Å²) in [6, 6.07) is 12.5. The van der Waals surface area contributed by atoms with E-state index in [4.69, 9.17) is 4.74 Å². The number of halogens is 2. The van der Waals surface area contributed by atoms with Gasteiger partial charge in [-0.2, -0.15) is 0 Å². The van der Waals surface area contributed by atoms with E-state index in [9.17, 15) is 8.42 Å². The van der Waals surface area contributed by atoms with Crippen molar-refractivity contribution >= 4 is 63.5 Å². The molecule has 1 atom stereocenters. The van der Waals surface area contributed by atoms with Gasteiger partial charge in [-0.05, 0) is 61.7 Å². The van der Waals surface area contributed by atoms with Gasteiger partial charge in [0.05, 0.1) is 16.8 Å². The molecular formula is C27H33Br2NO4S. The summed E-state index contributed by atoms with van der Waals surface area (Å²) in [5, 5.41) is 2.32. The van der Waals surface area contributed by atoms with Gasteiger partial charge in [-0.25, -0.2) is 8.42 Å². The van der Waals surface area contributed by atoms with E-state index in [1.165, 1.54) is 19.3 Å². The molecule has 0 radical (unpaired) electrons. The summed E-state index contributed by atoms with van der Waals surface area (Å²) in [4.78, 5) is 0.424. The van der Waals surface area contributed by atoms with Gasteiger partial charge in [0.2, 0.25) is 0 Å². The highest BCUT2D eigenvalue weighted by Crippen LogP contribution is 2.33. The zero-order valence-corrected chi connectivity index (χ0v) is 24.0. The van der Waals surface area contributed by atoms with Crippen LogP contribution in [-0.4, -0.2) is 36.9 Å². The lowest BCUT2D eigenvalue weighted by molar-refractivity contribution is 0.0831. The maximum atomic E-state index is 13.0. The molecule has 0 fully saturated rings. The minimum Gasteiger partial charge on any atom is -0.412 e. The Hall–Kier alpha value is -1.45. The Morgan fingerprint density at radius 2 is 1.63 bits per heavy atom. The number of allylic oxidation sites excluding steroid dienone is 1. The van der Waals surface area contributed by atoms with Gasteiger partial charge in [-0.3, -0.25) is 0 Å². The summed E-state index contributed by atoms with van der Waals surface area (Å²) in [6.07, 6.45) is 11.3. The summed E-state index contributed by atoms with van der Waals surface area (Å²) in [6.45, 7) is 3.57. The van der Waals surface area contributed by atoms with Gasteiger partial charge in [0, 0.05) is 43.9 Å². The van der Waals surface area contributed by atoms with Crippen molar-refractivity contribution in [2.75, 3.05) is 12.4 Å². The summed E-state index contributed by atoms with van der Waals surface area (Å²) in [7, 11) is -3.32. The number of sulfone groups is 1. The molecule has 0 aliphatic heterocycles. The fourth-order valence-electron chi connectivity index (χ4n) is 4.52. The quantitative estimate of drug-likeness (QED) is 0.213. The van der Waals surface area contributed by atoms with Crippen LogP contribution in [-0.2, 0) is 21.1 Å². The van der Waals surface area contributed by atoms with Gasteiger partial charge in [0.1, 0.15) is 0 Å². The van der Waals surface area contributed by atoms with Gasteiger partial charge in [0.15, 0.2) is 9.84 Å². The molecule has 0 saturated heterocycles. The standard InChI is InChI=1S/C27H31Br2NO3S.H2O/c1-2-3-4-5-16-33-22-9-11-23(12-10-22)34(31,32)17-6-15-30-26-13-7-20(28)18-24(26)25-19-21(29)8-14-27(25)30;/h7-9,11-14,18-19,22H,2-6,10,15-17H2,1H3;1H2. The molecule has 0 amide bonds. The fourth-order valence-corrected chi connectivity index (χ4v) is 6.62. The van der Waals surface area contributed by atoms with Crippen LogP contribution < -0.4 is 0 Å². The van der Waals surface area contributed by atoms with Gasteiger partial charge in [0.25, 0.3) is 0 Å². The summed E-state index contributed by atoms with van der Waals surface area (Å²) in [5.74, 6) is 0.125. The highest BCUT2D eigenvalue weighted by molar-refractivity contribution is 9.10. The Morgan fingerprint density at radius 1 is 0.971 bits per heavy atom. The number of unbranched alkanes of at least 4 members (excludes halogenated alkanes) is 3. The SMILES string of the molecule is CCCCCCOC1C=CC(S(=O)(=O)CCCn2c3ccc(Br)cc3c3cc(Br)ccc32)=CC1.O. The van der Waals surface area contributed by atoms with E-state index in [1.54, 1.807) is 6.08 Å². The van der Waals surface area contributed by atoms with E-state index < -0.39 is 9.84 Å². The smallest absolute Gasteiger partial charge is 0.178 e. The van der Waals surface area contributed by atoms with Crippen LogP contribution in [0, 0.1) is 0 Å². The van der Waals surface area contributed by atoms with Crippen molar-refractivity contribution in [3.63, 3.8) is 0 Å². The molecule has 1 aliphatic carbocycles. The number of benzene rings is 2. The molecule has 190 valence electrons. The summed E-state index contributed by atoms with van der Waals surface area (Å²) < 4.78 is 36.1. The number of fused-ring (bicyclic) bond motifs is 3. The number of ether oxygens (including phenoxy) is 1. The maximum absolute atomic E-state index is 13.0. The Bertz CT molecular complexity index is 1270. The average Bonchev–Trinajstić information content (AvgIpc) is 3.11. The number of hydrogen-bond acceptors (Lipinski definition) is 3. The van der Waals surface area contributed by atoms with E-state index in [1.807, 2.05) is 24.3 Å². The number of hydrogen-bond donors (Lipinski definition) is 0. The van der Waals surface area contributed by atoms with E-state index in [0.29, 0.717) is 24.3 Å². The first-order chi connectivity index (χ1) is 16.4. The van der Waals surface area contributed by atoms with Crippen LogP contribution in [0.2, 0.25) is 0 Å². The fraction of sp³-hybridized carbons (Fsp3) is 0.407. The molecule has 0 bridgehead atoms. The molecule has 1 aromatic heterocycles. The lowest BCUT2D eigenvalue weighted by atomic mass is 10.1. The lowest BCUT2D eigenvalue weighted by Gasteiger charge is -2.17. The predicted octanol–water partition coefficient (Wildman–Crippen LogP) is 7.11. The van der Waals surface area contributed by atoms with E-state index in [0.717, 1.165) is 43.8 Å². The largest absolute Gasteiger partial charge is 0.412 e. The summed E-state index contributed by atoms with van der Waals surface area (Å²) >= 11 is 7.15. The Labute approximate surface area is 224 Å². The van der Waals surface area contributed by atoms with Crippen molar-refractivity contribution in [3.8, 4) is 0 Å². The third kappa shape index (κ3) is 6.86. The number of aromatic nitrogens is 1. The summed E-state index contributed by atoms with van der Waals surface area (Å²) in [5.41, 5.74) is 2.23. The minimum atomic E-state index is -3.32. The van der Waals surface area contributed by atoms with Gasteiger partial charge >= 0.3 is 0 Å². The van der Waals surface area contributed by atoms with E-state index in [-0.39, 0.29) is 17.3 Å². The van der Waals surface area contributed by atoms with Crippen molar-refractivity contribution in [1.29, 1.82) is 0 Å². The first kappa shape index (κ1) is 28.1. The monoisotopic (exact) mass is 625 g/mol. The molecule has 5 nitrogen and oxygen atoms in total. The highest BCUT2D eigenvalue weighted by atomic mass is 79.9.